The van der Waals surface area contributed by atoms with Crippen molar-refractivity contribution in [1.82, 2.24) is 0 Å². The highest BCUT2D eigenvalue weighted by Gasteiger charge is 2.46. The van der Waals surface area contributed by atoms with E-state index in [-0.39, 0.29) is 30.1 Å². The van der Waals surface area contributed by atoms with E-state index in [9.17, 15) is 18.4 Å². The summed E-state index contributed by atoms with van der Waals surface area (Å²) in [4.78, 5) is 27.5. The van der Waals surface area contributed by atoms with Crippen molar-refractivity contribution in [1.29, 1.82) is 0 Å². The Hall–Kier alpha value is -2.60. The van der Waals surface area contributed by atoms with Crippen LogP contribution in [0.15, 0.2) is 48.5 Å². The van der Waals surface area contributed by atoms with E-state index in [1.54, 1.807) is 0 Å². The van der Waals surface area contributed by atoms with Gasteiger partial charge < -0.3 is 4.90 Å². The van der Waals surface area contributed by atoms with E-state index in [0.717, 1.165) is 36.4 Å². The second kappa shape index (κ2) is 7.19. The lowest BCUT2D eigenvalue weighted by atomic mass is 9.89. The Labute approximate surface area is 156 Å². The number of benzene rings is 2. The van der Waals surface area contributed by atoms with Crippen LogP contribution in [0, 0.1) is 11.6 Å². The maximum absolute atomic E-state index is 13.1. The molecule has 2 aromatic carbocycles. The summed E-state index contributed by atoms with van der Waals surface area (Å²) in [5.41, 5.74) is 1.55. The van der Waals surface area contributed by atoms with Gasteiger partial charge in [0.05, 0.1) is 25.2 Å². The van der Waals surface area contributed by atoms with Crippen molar-refractivity contribution in [3.8, 4) is 0 Å². The van der Waals surface area contributed by atoms with E-state index < -0.39 is 5.82 Å². The number of carbonyl (C=O) groups excluding carboxylic acids is 2. The molecule has 2 aliphatic heterocycles. The monoisotopic (exact) mass is 371 g/mol. The zero-order valence-corrected chi connectivity index (χ0v) is 14.8. The van der Waals surface area contributed by atoms with Gasteiger partial charge in [0, 0.05) is 12.8 Å². The molecule has 0 aliphatic carbocycles. The molecule has 1 atom stereocenters. The number of nitrogens with one attached hydrogen (secondary N) is 1. The van der Waals surface area contributed by atoms with Gasteiger partial charge in [-0.05, 0) is 47.9 Å². The molecule has 2 fully saturated rings. The molecule has 2 aliphatic rings. The summed E-state index contributed by atoms with van der Waals surface area (Å²) in [6, 6.07) is 11.7. The molecule has 0 radical (unpaired) electrons. The van der Waals surface area contributed by atoms with E-state index in [4.69, 9.17) is 0 Å². The molecule has 4 nitrogen and oxygen atoms in total. The van der Waals surface area contributed by atoms with Gasteiger partial charge in [0.1, 0.15) is 11.6 Å². The van der Waals surface area contributed by atoms with E-state index in [1.807, 2.05) is 12.1 Å². The van der Waals surface area contributed by atoms with Gasteiger partial charge in [-0.3, -0.25) is 9.59 Å². The van der Waals surface area contributed by atoms with Crippen LogP contribution in [0.4, 0.5) is 14.5 Å². The number of hydrogen-bond acceptors (Lipinski definition) is 2. The maximum Gasteiger partial charge on any atom is 0.292 e. The summed E-state index contributed by atoms with van der Waals surface area (Å²) in [5.74, 6) is -0.720. The number of nitrogens with zero attached hydrogens (tertiary/aromatic N) is 1. The number of piperidine rings is 1. The number of quaternary nitrogens is 1. The summed E-state index contributed by atoms with van der Waals surface area (Å²) in [5, 5.41) is 0. The second-order valence-electron chi connectivity index (χ2n) is 7.28. The lowest BCUT2D eigenvalue weighted by Crippen LogP contribution is -3.17. The van der Waals surface area contributed by atoms with Crippen LogP contribution in [0.1, 0.15) is 30.7 Å². The van der Waals surface area contributed by atoms with Gasteiger partial charge in [-0.25, -0.2) is 13.7 Å². The smallest absolute Gasteiger partial charge is 0.292 e. The molecule has 0 aromatic heterocycles. The van der Waals surface area contributed by atoms with Crippen LogP contribution in [0.5, 0.6) is 0 Å². The van der Waals surface area contributed by atoms with Crippen LogP contribution < -0.4 is 9.80 Å². The first-order chi connectivity index (χ1) is 13.0. The molecule has 1 N–H and O–H groups in total. The molecule has 2 aromatic rings. The quantitative estimate of drug-likeness (QED) is 0.840. The van der Waals surface area contributed by atoms with Crippen molar-refractivity contribution in [3.63, 3.8) is 0 Å². The predicted octanol–water partition coefficient (Wildman–Crippen LogP) is 2.06. The van der Waals surface area contributed by atoms with E-state index >= 15 is 0 Å². The molecule has 0 bridgehead atoms. The minimum atomic E-state index is -0.400. The fourth-order valence-electron chi connectivity index (χ4n) is 4.22. The number of carbonyl (C=O) groups is 2. The number of rotatable bonds is 3. The first-order valence-corrected chi connectivity index (χ1v) is 9.25. The molecule has 6 heteroatoms. The minimum Gasteiger partial charge on any atom is -0.324 e. The number of hydrogen-bond donors (Lipinski definition) is 1. The third-order valence-corrected chi connectivity index (χ3v) is 5.69. The Kier molecular flexibility index (Phi) is 4.74. The molecular formula is C21H21F2N2O2+. The third-order valence-electron chi connectivity index (χ3n) is 5.69. The number of likely N-dealkylation sites (tertiary alicyclic amines) is 1. The largest absolute Gasteiger partial charge is 0.324 e. The SMILES string of the molecule is O=C1C[C@H]([NH+]2CCC(c3ccc(F)cc3)CC2)C(=O)N1c1ccc(F)cc1. The first-order valence-electron chi connectivity index (χ1n) is 9.25. The Morgan fingerprint density at radius 1 is 0.852 bits per heavy atom. The predicted molar refractivity (Wildman–Crippen MR) is 96.4 cm³/mol. The summed E-state index contributed by atoms with van der Waals surface area (Å²) in [6.45, 7) is 1.59. The Morgan fingerprint density at radius 3 is 2.00 bits per heavy atom. The van der Waals surface area contributed by atoms with Gasteiger partial charge >= 0.3 is 0 Å². The molecular weight excluding hydrogens is 350 g/mol. The molecule has 0 saturated carbocycles. The van der Waals surface area contributed by atoms with Gasteiger partial charge in [0.25, 0.3) is 5.91 Å². The van der Waals surface area contributed by atoms with E-state index in [0.29, 0.717) is 11.6 Å². The molecule has 2 amide bonds. The lowest BCUT2D eigenvalue weighted by Gasteiger charge is -2.32. The molecule has 27 heavy (non-hydrogen) atoms. The molecule has 2 saturated heterocycles. The highest BCUT2D eigenvalue weighted by Crippen LogP contribution is 2.26. The Balaban J connectivity index is 1.43. The van der Waals surface area contributed by atoms with Crippen molar-refractivity contribution in [2.24, 2.45) is 0 Å². The van der Waals surface area contributed by atoms with Crippen LogP contribution in [0.2, 0.25) is 0 Å². The molecule has 4 rings (SSSR count). The van der Waals surface area contributed by atoms with Crippen LogP contribution in [0.25, 0.3) is 0 Å². The summed E-state index contributed by atoms with van der Waals surface area (Å²) in [6.07, 6.45) is 1.98. The van der Waals surface area contributed by atoms with Crippen LogP contribution in [-0.4, -0.2) is 30.9 Å². The van der Waals surface area contributed by atoms with Gasteiger partial charge in [-0.1, -0.05) is 12.1 Å². The number of amides is 2. The summed E-state index contributed by atoms with van der Waals surface area (Å²) in [7, 11) is 0. The van der Waals surface area contributed by atoms with Gasteiger partial charge in [0.2, 0.25) is 5.91 Å². The van der Waals surface area contributed by atoms with E-state index in [2.05, 4.69) is 0 Å². The molecule has 0 unspecified atom stereocenters. The average Bonchev–Trinajstić information content (AvgIpc) is 2.98. The van der Waals surface area contributed by atoms with Crippen molar-refractivity contribution >= 4 is 17.5 Å². The summed E-state index contributed by atoms with van der Waals surface area (Å²) >= 11 is 0. The van der Waals surface area contributed by atoms with Crippen LogP contribution in [-0.2, 0) is 9.59 Å². The van der Waals surface area contributed by atoms with Gasteiger partial charge in [0.15, 0.2) is 6.04 Å². The first kappa shape index (κ1) is 17.8. The van der Waals surface area contributed by atoms with Crippen molar-refractivity contribution < 1.29 is 23.3 Å². The Bertz CT molecular complexity index is 843. The van der Waals surface area contributed by atoms with Gasteiger partial charge in [-0.15, -0.1) is 0 Å². The highest BCUT2D eigenvalue weighted by molar-refractivity contribution is 6.21. The van der Waals surface area contributed by atoms with Crippen molar-refractivity contribution in [2.45, 2.75) is 31.2 Å². The fourth-order valence-corrected chi connectivity index (χ4v) is 4.22. The number of imide groups is 1. The minimum absolute atomic E-state index is 0.187. The van der Waals surface area contributed by atoms with Crippen molar-refractivity contribution in [3.05, 3.63) is 65.7 Å². The average molecular weight is 371 g/mol. The standard InChI is InChI=1S/C21H20F2N2O2/c22-16-3-1-14(2-4-16)15-9-11-24(12-10-15)19-13-20(26)25(21(19)27)18-7-5-17(23)6-8-18/h1-8,15,19H,9-13H2/p+1/t19-/m0/s1. The highest BCUT2D eigenvalue weighted by atomic mass is 19.1. The zero-order chi connectivity index (χ0) is 19.0. The molecule has 0 spiro atoms. The third kappa shape index (κ3) is 3.49. The Morgan fingerprint density at radius 2 is 1.41 bits per heavy atom. The lowest BCUT2D eigenvalue weighted by molar-refractivity contribution is -0.920. The topological polar surface area (TPSA) is 41.8 Å². The van der Waals surface area contributed by atoms with Crippen molar-refractivity contribution in [2.75, 3.05) is 18.0 Å². The van der Waals surface area contributed by atoms with Crippen LogP contribution >= 0.6 is 0 Å². The zero-order valence-electron chi connectivity index (χ0n) is 14.8. The number of anilines is 1. The summed E-state index contributed by atoms with van der Waals surface area (Å²) < 4.78 is 26.2. The van der Waals surface area contributed by atoms with E-state index in [1.165, 1.54) is 41.3 Å². The molecule has 140 valence electrons. The normalized spacial score (nSPS) is 25.9. The molecule has 2 heterocycles. The van der Waals surface area contributed by atoms with Crippen LogP contribution in [0.3, 0.4) is 0 Å². The fraction of sp³-hybridized carbons (Fsp3) is 0.333. The second-order valence-corrected chi connectivity index (χ2v) is 7.28. The number of halogens is 2. The van der Waals surface area contributed by atoms with Gasteiger partial charge in [-0.2, -0.15) is 0 Å². The maximum atomic E-state index is 13.1.